The lowest BCUT2D eigenvalue weighted by Crippen LogP contribution is -2.26. The van der Waals surface area contributed by atoms with E-state index >= 15 is 0 Å². The summed E-state index contributed by atoms with van der Waals surface area (Å²) >= 11 is 5.93. The van der Waals surface area contributed by atoms with E-state index in [1.807, 2.05) is 41.0 Å². The summed E-state index contributed by atoms with van der Waals surface area (Å²) in [4.78, 5) is 28.0. The Morgan fingerprint density at radius 1 is 1.16 bits per heavy atom. The molecule has 0 atom stereocenters. The van der Waals surface area contributed by atoms with Crippen LogP contribution in [0.2, 0.25) is 5.02 Å². The Kier molecular flexibility index (Phi) is 5.00. The number of nitrogens with zero attached hydrogens (tertiary/aromatic N) is 2. The molecular formula is C18H16ClN3O3. The lowest BCUT2D eigenvalue weighted by molar-refractivity contribution is -0.152. The summed E-state index contributed by atoms with van der Waals surface area (Å²) in [5, 5.41) is 3.18. The third kappa shape index (κ3) is 3.80. The molecule has 1 aromatic heterocycles. The predicted molar refractivity (Wildman–Crippen MR) is 95.5 cm³/mol. The van der Waals surface area contributed by atoms with Gasteiger partial charge in [-0.05, 0) is 36.8 Å². The van der Waals surface area contributed by atoms with Crippen molar-refractivity contribution in [3.05, 3.63) is 59.1 Å². The predicted octanol–water partition coefficient (Wildman–Crippen LogP) is 3.24. The van der Waals surface area contributed by atoms with Gasteiger partial charge in [0.25, 0.3) is 0 Å². The van der Waals surface area contributed by atoms with E-state index in [9.17, 15) is 9.59 Å². The van der Waals surface area contributed by atoms with Crippen molar-refractivity contribution in [2.45, 2.75) is 13.5 Å². The zero-order chi connectivity index (χ0) is 17.8. The van der Waals surface area contributed by atoms with E-state index in [-0.39, 0.29) is 12.6 Å². The van der Waals surface area contributed by atoms with Crippen LogP contribution in [0.4, 0.5) is 5.95 Å². The van der Waals surface area contributed by atoms with Gasteiger partial charge in [-0.2, -0.15) is 0 Å². The molecule has 2 aromatic carbocycles. The van der Waals surface area contributed by atoms with Crippen molar-refractivity contribution in [1.82, 2.24) is 9.55 Å². The summed E-state index contributed by atoms with van der Waals surface area (Å²) in [6.45, 7) is 2.24. The first-order chi connectivity index (χ1) is 12.1. The molecule has 0 aliphatic heterocycles. The van der Waals surface area contributed by atoms with E-state index in [4.69, 9.17) is 16.3 Å². The number of aromatic nitrogens is 2. The van der Waals surface area contributed by atoms with Gasteiger partial charge in [-0.3, -0.25) is 10.1 Å². The maximum Gasteiger partial charge on any atom is 0.397 e. The second kappa shape index (κ2) is 7.36. The molecule has 7 heteroatoms. The number of carbonyl (C=O) groups is 2. The lowest BCUT2D eigenvalue weighted by atomic mass is 10.2. The standard InChI is InChI=1S/C18H16ClN3O3/c1-2-25-17(24)16(23)21-18-20-14-5-3-4-6-15(14)22(18)11-12-7-9-13(19)10-8-12/h3-10H,2,11H2,1H3,(H,20,21,23). The number of rotatable bonds is 4. The molecule has 0 saturated carbocycles. The van der Waals surface area contributed by atoms with E-state index in [0.29, 0.717) is 11.6 Å². The first-order valence-electron chi connectivity index (χ1n) is 7.76. The van der Waals surface area contributed by atoms with E-state index in [1.54, 1.807) is 19.1 Å². The number of imidazole rings is 1. The highest BCUT2D eigenvalue weighted by Crippen LogP contribution is 2.22. The summed E-state index contributed by atoms with van der Waals surface area (Å²) in [6.07, 6.45) is 0. The number of benzene rings is 2. The normalized spacial score (nSPS) is 10.6. The fourth-order valence-corrected chi connectivity index (χ4v) is 2.58. The summed E-state index contributed by atoms with van der Waals surface area (Å²) in [7, 11) is 0. The fraction of sp³-hybridized carbons (Fsp3) is 0.167. The molecule has 0 fully saturated rings. The molecule has 1 heterocycles. The van der Waals surface area contributed by atoms with E-state index in [2.05, 4.69) is 10.3 Å². The largest absolute Gasteiger partial charge is 0.459 e. The maximum absolute atomic E-state index is 12.0. The van der Waals surface area contributed by atoms with Gasteiger partial charge in [0.05, 0.1) is 24.2 Å². The van der Waals surface area contributed by atoms with Crippen LogP contribution in [0.25, 0.3) is 11.0 Å². The smallest absolute Gasteiger partial charge is 0.397 e. The highest BCUT2D eigenvalue weighted by molar-refractivity contribution is 6.37. The van der Waals surface area contributed by atoms with Gasteiger partial charge in [-0.1, -0.05) is 35.9 Å². The number of fused-ring (bicyclic) bond motifs is 1. The van der Waals surface area contributed by atoms with Crippen LogP contribution in [-0.2, 0) is 20.9 Å². The highest BCUT2D eigenvalue weighted by atomic mass is 35.5. The van der Waals surface area contributed by atoms with Crippen LogP contribution < -0.4 is 5.32 Å². The lowest BCUT2D eigenvalue weighted by Gasteiger charge is -2.10. The summed E-state index contributed by atoms with van der Waals surface area (Å²) in [6, 6.07) is 14.9. The van der Waals surface area contributed by atoms with E-state index < -0.39 is 11.9 Å². The molecule has 0 aliphatic rings. The topological polar surface area (TPSA) is 73.2 Å². The minimum absolute atomic E-state index is 0.132. The van der Waals surface area contributed by atoms with Gasteiger partial charge in [-0.25, -0.2) is 9.78 Å². The van der Waals surface area contributed by atoms with Gasteiger partial charge in [0.1, 0.15) is 0 Å². The van der Waals surface area contributed by atoms with Crippen molar-refractivity contribution in [1.29, 1.82) is 0 Å². The van der Waals surface area contributed by atoms with Crippen molar-refractivity contribution in [3.63, 3.8) is 0 Å². The average molecular weight is 358 g/mol. The number of halogens is 1. The van der Waals surface area contributed by atoms with E-state index in [1.165, 1.54) is 0 Å². The zero-order valence-electron chi connectivity index (χ0n) is 13.5. The van der Waals surface area contributed by atoms with Gasteiger partial charge in [0, 0.05) is 5.02 Å². The molecule has 0 bridgehead atoms. The third-order valence-corrected chi connectivity index (χ3v) is 3.85. The fourth-order valence-electron chi connectivity index (χ4n) is 2.45. The number of anilines is 1. The Balaban J connectivity index is 1.95. The molecule has 25 heavy (non-hydrogen) atoms. The molecular weight excluding hydrogens is 342 g/mol. The van der Waals surface area contributed by atoms with Crippen molar-refractivity contribution in [2.75, 3.05) is 11.9 Å². The minimum Gasteiger partial charge on any atom is -0.459 e. The monoisotopic (exact) mass is 357 g/mol. The van der Waals surface area contributed by atoms with Gasteiger partial charge in [0.2, 0.25) is 5.95 Å². The van der Waals surface area contributed by atoms with Crippen LogP contribution in [0.3, 0.4) is 0 Å². The molecule has 0 radical (unpaired) electrons. The third-order valence-electron chi connectivity index (χ3n) is 3.59. The van der Waals surface area contributed by atoms with Crippen molar-refractivity contribution in [2.24, 2.45) is 0 Å². The summed E-state index contributed by atoms with van der Waals surface area (Å²) in [5.74, 6) is -1.50. The van der Waals surface area contributed by atoms with Crippen molar-refractivity contribution in [3.8, 4) is 0 Å². The first-order valence-corrected chi connectivity index (χ1v) is 8.14. The molecule has 3 aromatic rings. The second-order valence-electron chi connectivity index (χ2n) is 5.31. The molecule has 128 valence electrons. The quantitative estimate of drug-likeness (QED) is 0.574. The van der Waals surface area contributed by atoms with Crippen molar-refractivity contribution >= 4 is 40.5 Å². The molecule has 1 amide bonds. The first kappa shape index (κ1) is 17.0. The van der Waals surface area contributed by atoms with Gasteiger partial charge >= 0.3 is 11.9 Å². The van der Waals surface area contributed by atoms with Gasteiger partial charge in [-0.15, -0.1) is 0 Å². The van der Waals surface area contributed by atoms with Crippen molar-refractivity contribution < 1.29 is 14.3 Å². The Hall–Kier alpha value is -2.86. The highest BCUT2D eigenvalue weighted by Gasteiger charge is 2.19. The van der Waals surface area contributed by atoms with Gasteiger partial charge < -0.3 is 9.30 Å². The summed E-state index contributed by atoms with van der Waals surface area (Å²) in [5.41, 5.74) is 2.55. The molecule has 3 rings (SSSR count). The van der Waals surface area contributed by atoms with Crippen LogP contribution >= 0.6 is 11.6 Å². The number of para-hydroxylation sites is 2. The average Bonchev–Trinajstić information content (AvgIpc) is 2.94. The van der Waals surface area contributed by atoms with Crippen LogP contribution in [0.1, 0.15) is 12.5 Å². The SMILES string of the molecule is CCOC(=O)C(=O)Nc1nc2ccccc2n1Cc1ccc(Cl)cc1. The number of hydrogen-bond donors (Lipinski definition) is 1. The number of hydrogen-bond acceptors (Lipinski definition) is 4. The Morgan fingerprint density at radius 2 is 1.88 bits per heavy atom. The van der Waals surface area contributed by atoms with E-state index in [0.717, 1.165) is 16.6 Å². The number of carbonyl (C=O) groups excluding carboxylic acids is 2. The zero-order valence-corrected chi connectivity index (χ0v) is 14.3. The van der Waals surface area contributed by atoms with Crippen LogP contribution in [0.15, 0.2) is 48.5 Å². The molecule has 0 aliphatic carbocycles. The number of amides is 1. The van der Waals surface area contributed by atoms with Crippen LogP contribution in [-0.4, -0.2) is 28.0 Å². The Bertz CT molecular complexity index is 919. The van der Waals surface area contributed by atoms with Crippen LogP contribution in [0.5, 0.6) is 0 Å². The molecule has 0 unspecified atom stereocenters. The maximum atomic E-state index is 12.0. The molecule has 1 N–H and O–H groups in total. The van der Waals surface area contributed by atoms with Crippen LogP contribution in [0, 0.1) is 0 Å². The Labute approximate surface area is 149 Å². The number of ether oxygens (including phenoxy) is 1. The summed E-state index contributed by atoms with van der Waals surface area (Å²) < 4.78 is 6.55. The molecule has 0 saturated heterocycles. The molecule has 6 nitrogen and oxygen atoms in total. The van der Waals surface area contributed by atoms with Gasteiger partial charge in [0.15, 0.2) is 0 Å². The Morgan fingerprint density at radius 3 is 2.60 bits per heavy atom. The second-order valence-corrected chi connectivity index (χ2v) is 5.75. The minimum atomic E-state index is -0.937. The number of nitrogens with one attached hydrogen (secondary N) is 1. The number of esters is 1. The molecule has 0 spiro atoms.